The van der Waals surface area contributed by atoms with Crippen molar-refractivity contribution in [2.75, 3.05) is 33.0 Å². The summed E-state index contributed by atoms with van der Waals surface area (Å²) in [5.41, 5.74) is 0. The molecule has 65 heavy (non-hydrogen) atoms. The Morgan fingerprint density at radius 2 is 0.815 bits per heavy atom. The van der Waals surface area contributed by atoms with Gasteiger partial charge in [-0.05, 0) is 0 Å². The summed E-state index contributed by atoms with van der Waals surface area (Å²) in [7, 11) is 0. The van der Waals surface area contributed by atoms with Gasteiger partial charge in [-0.3, -0.25) is 14.4 Å². The molecule has 0 aliphatic carbocycles. The molecule has 3 amide bonds. The second-order valence-corrected chi connectivity index (χ2v) is 16.2. The molecule has 17 N–H and O–H groups in total. The summed E-state index contributed by atoms with van der Waals surface area (Å²) in [6.45, 7) is -1.16. The van der Waals surface area contributed by atoms with E-state index < -0.39 is 204 Å². The molecule has 0 aromatic heterocycles. The van der Waals surface area contributed by atoms with Crippen LogP contribution in [0.2, 0.25) is 0 Å². The monoisotopic (exact) mass is 951 g/mol. The molecule has 0 spiro atoms. The predicted octanol–water partition coefficient (Wildman–Crippen LogP) is -11.5. The molecule has 5 aliphatic rings. The lowest BCUT2D eigenvalue weighted by Crippen LogP contribution is -2.70. The Labute approximate surface area is 369 Å². The number of aliphatic hydroxyl groups is 14. The van der Waals surface area contributed by atoms with E-state index in [2.05, 4.69) is 16.0 Å². The smallest absolute Gasteiger partial charge is 0.217 e. The minimum atomic E-state index is -2.12. The first-order valence-corrected chi connectivity index (χ1v) is 20.6. The second kappa shape index (κ2) is 23.2. The van der Waals surface area contributed by atoms with Crippen molar-refractivity contribution in [3.8, 4) is 0 Å². The maximum atomic E-state index is 12.3. The van der Waals surface area contributed by atoms with E-state index in [-0.39, 0.29) is 0 Å². The maximum Gasteiger partial charge on any atom is 0.217 e. The van der Waals surface area contributed by atoms with Crippen molar-refractivity contribution in [1.29, 1.82) is 0 Å². The Morgan fingerprint density at radius 1 is 0.400 bits per heavy atom. The number of nitrogens with one attached hydrogen (secondary N) is 3. The zero-order chi connectivity index (χ0) is 48.2. The largest absolute Gasteiger partial charge is 0.394 e. The summed E-state index contributed by atoms with van der Waals surface area (Å²) < 4.78 is 51.1. The topological polar surface area (TPSA) is 454 Å². The number of ether oxygens (including phenoxy) is 9. The molecule has 0 aromatic carbocycles. The quantitative estimate of drug-likeness (QED) is 0.0683. The molecule has 0 aromatic rings. The lowest BCUT2D eigenvalue weighted by molar-refractivity contribution is -0.368. The number of aliphatic hydroxyl groups excluding tert-OH is 14. The van der Waals surface area contributed by atoms with E-state index in [9.17, 15) is 85.9 Å². The molecule has 0 saturated carbocycles. The van der Waals surface area contributed by atoms with Crippen LogP contribution in [-0.2, 0) is 57.0 Å². The zero-order valence-electron chi connectivity index (χ0n) is 35.1. The molecule has 5 aliphatic heterocycles. The van der Waals surface area contributed by atoms with Gasteiger partial charge in [0.05, 0.1) is 33.0 Å². The van der Waals surface area contributed by atoms with E-state index in [1.165, 1.54) is 0 Å². The van der Waals surface area contributed by atoms with Crippen LogP contribution >= 0.6 is 0 Å². The molecule has 5 rings (SSSR count). The summed E-state index contributed by atoms with van der Waals surface area (Å²) in [6.07, 6.45) is -39.4. The van der Waals surface area contributed by atoms with Crippen molar-refractivity contribution in [3.63, 3.8) is 0 Å². The number of hydrogen-bond acceptors (Lipinski definition) is 26. The lowest BCUT2D eigenvalue weighted by Gasteiger charge is -2.49. The minimum absolute atomic E-state index is 0.729. The average Bonchev–Trinajstić information content (AvgIpc) is 3.25. The van der Waals surface area contributed by atoms with Crippen LogP contribution in [-0.4, -0.2) is 276 Å². The van der Waals surface area contributed by atoms with Gasteiger partial charge in [-0.25, -0.2) is 0 Å². The van der Waals surface area contributed by atoms with Crippen LogP contribution in [0.3, 0.4) is 0 Å². The van der Waals surface area contributed by atoms with Gasteiger partial charge in [0.25, 0.3) is 0 Å². The summed E-state index contributed by atoms with van der Waals surface area (Å²) in [4.78, 5) is 36.6. The molecule has 0 unspecified atom stereocenters. The number of carbonyl (C=O) groups excluding carboxylic acids is 3. The predicted molar refractivity (Wildman–Crippen MR) is 201 cm³/mol. The number of carbonyl (C=O) groups is 3. The highest BCUT2D eigenvalue weighted by molar-refractivity contribution is 5.74. The van der Waals surface area contributed by atoms with Gasteiger partial charge in [-0.2, -0.15) is 0 Å². The van der Waals surface area contributed by atoms with Crippen LogP contribution < -0.4 is 16.0 Å². The zero-order valence-corrected chi connectivity index (χ0v) is 35.1. The standard InChI is InChI=1S/C36H61N3O26/c1-9(44)37-17-24(51)20(47)12(4-40)59-34(17)65-31-22(49)14(6-42)61-36(28(31)55)64-30-19(39-11(3)46)32(56)58-16(23(30)50)8-57-33-18(38-10(2)45)25(52)29(15(7-43)62-33)63-35-27(54)26(53)21(48)13(5-41)60-35/h12-36,40-43,47-56H,4-8H2,1-3H3,(H,37,44)(H,38,45)(H,39,46)/t12-,13-,14-,15-,16-,17-,18-,19-,20-,21+,22+,23+,24-,25-,26+,27-,28-,29-,30-,31+,32+,33-,34+,35+,36+/m1/s1. The van der Waals surface area contributed by atoms with Gasteiger partial charge in [0.2, 0.25) is 17.7 Å². The molecule has 376 valence electrons. The van der Waals surface area contributed by atoms with E-state index in [0.29, 0.717) is 0 Å². The van der Waals surface area contributed by atoms with E-state index in [1.54, 1.807) is 0 Å². The van der Waals surface area contributed by atoms with Crippen molar-refractivity contribution in [2.45, 2.75) is 174 Å². The van der Waals surface area contributed by atoms with Crippen molar-refractivity contribution in [1.82, 2.24) is 16.0 Å². The second-order valence-electron chi connectivity index (χ2n) is 16.2. The van der Waals surface area contributed by atoms with Crippen molar-refractivity contribution < 1.29 is 129 Å². The first-order valence-electron chi connectivity index (χ1n) is 20.6. The van der Waals surface area contributed by atoms with Crippen molar-refractivity contribution in [3.05, 3.63) is 0 Å². The molecule has 5 heterocycles. The van der Waals surface area contributed by atoms with Crippen LogP contribution in [0.1, 0.15) is 20.8 Å². The molecule has 5 fully saturated rings. The number of amides is 3. The molecule has 5 saturated heterocycles. The Balaban J connectivity index is 1.35. The van der Waals surface area contributed by atoms with E-state index in [0.717, 1.165) is 20.8 Å². The van der Waals surface area contributed by atoms with Crippen LogP contribution in [0.5, 0.6) is 0 Å². The van der Waals surface area contributed by atoms with E-state index in [4.69, 9.17) is 42.6 Å². The van der Waals surface area contributed by atoms with Gasteiger partial charge in [0.15, 0.2) is 31.5 Å². The third-order valence-electron chi connectivity index (χ3n) is 11.5. The molecular weight excluding hydrogens is 890 g/mol. The molecule has 25 atom stereocenters. The third kappa shape index (κ3) is 12.0. The summed E-state index contributed by atoms with van der Waals surface area (Å²) in [6, 6.07) is -4.78. The van der Waals surface area contributed by atoms with E-state index in [1.807, 2.05) is 0 Å². The fourth-order valence-corrected chi connectivity index (χ4v) is 8.13. The molecule has 0 bridgehead atoms. The van der Waals surface area contributed by atoms with E-state index >= 15 is 0 Å². The normalized spacial score (nSPS) is 47.1. The lowest BCUT2D eigenvalue weighted by atomic mass is 9.94. The Hall–Kier alpha value is -2.51. The highest BCUT2D eigenvalue weighted by atomic mass is 16.8. The van der Waals surface area contributed by atoms with Crippen LogP contribution in [0.15, 0.2) is 0 Å². The fraction of sp³-hybridized carbons (Fsp3) is 0.917. The summed E-state index contributed by atoms with van der Waals surface area (Å²) in [5.74, 6) is -2.26. The highest BCUT2D eigenvalue weighted by Gasteiger charge is 2.56. The van der Waals surface area contributed by atoms with Crippen LogP contribution in [0, 0.1) is 0 Å². The molecule has 29 heteroatoms. The van der Waals surface area contributed by atoms with Gasteiger partial charge in [0.1, 0.15) is 122 Å². The molecular formula is C36H61N3O26. The number of rotatable bonds is 16. The van der Waals surface area contributed by atoms with Gasteiger partial charge in [-0.15, -0.1) is 0 Å². The first-order chi connectivity index (χ1) is 30.7. The van der Waals surface area contributed by atoms with Gasteiger partial charge in [0, 0.05) is 20.8 Å². The van der Waals surface area contributed by atoms with Gasteiger partial charge in [-0.1, -0.05) is 0 Å². The first kappa shape index (κ1) is 53.4. The SMILES string of the molecule is CC(=O)N[C@@H]1[C@@H](O[C@@H]2O[C@H](CO)[C@H](O)[C@H](O[C@@H]3O[C@H](CO)[C@@H](O)[C@H](O)[C@H]3NC(C)=O)[C@H]2O)[C@@H](O)[C@@H](CO[C@@H]2O[C@H](CO)[C@@H](O[C@@H]3O[C@H](CO)[C@H](O)[C@H](O)[C@H]3O)[C@H](O)[C@H]2NC(C)=O)O[C@@H]1O. The third-order valence-corrected chi connectivity index (χ3v) is 11.5. The minimum Gasteiger partial charge on any atom is -0.394 e. The number of hydrogen-bond donors (Lipinski definition) is 17. The highest BCUT2D eigenvalue weighted by Crippen LogP contribution is 2.34. The maximum absolute atomic E-state index is 12.3. The fourth-order valence-electron chi connectivity index (χ4n) is 8.13. The molecule has 0 radical (unpaired) electrons. The Bertz CT molecular complexity index is 1560. The van der Waals surface area contributed by atoms with Gasteiger partial charge >= 0.3 is 0 Å². The Morgan fingerprint density at radius 3 is 1.35 bits per heavy atom. The van der Waals surface area contributed by atoms with Crippen molar-refractivity contribution >= 4 is 17.7 Å². The average molecular weight is 952 g/mol. The molecule has 29 nitrogen and oxygen atoms in total. The summed E-state index contributed by atoms with van der Waals surface area (Å²) >= 11 is 0. The van der Waals surface area contributed by atoms with Crippen LogP contribution in [0.25, 0.3) is 0 Å². The van der Waals surface area contributed by atoms with Gasteiger partial charge < -0.3 is 130 Å². The summed E-state index contributed by atoms with van der Waals surface area (Å²) in [5, 5.41) is 156. The van der Waals surface area contributed by atoms with Crippen LogP contribution in [0.4, 0.5) is 0 Å². The Kier molecular flexibility index (Phi) is 19.1. The van der Waals surface area contributed by atoms with Crippen molar-refractivity contribution in [2.24, 2.45) is 0 Å².